The highest BCUT2D eigenvalue weighted by molar-refractivity contribution is 5.86. The van der Waals surface area contributed by atoms with Gasteiger partial charge in [0.1, 0.15) is 11.6 Å². The van der Waals surface area contributed by atoms with Crippen molar-refractivity contribution in [2.75, 3.05) is 6.54 Å². The number of likely N-dealkylation sites (tertiary alicyclic amines) is 1. The van der Waals surface area contributed by atoms with Gasteiger partial charge in [0.05, 0.1) is 0 Å². The summed E-state index contributed by atoms with van der Waals surface area (Å²) in [5.74, 6) is -0.0117. The molecule has 144 valence electrons. The Morgan fingerprint density at radius 1 is 1.27 bits per heavy atom. The van der Waals surface area contributed by atoms with E-state index < -0.39 is 17.7 Å². The van der Waals surface area contributed by atoms with Crippen molar-refractivity contribution in [3.8, 4) is 0 Å². The van der Waals surface area contributed by atoms with Crippen LogP contribution < -0.4 is 0 Å². The summed E-state index contributed by atoms with van der Waals surface area (Å²) in [5, 5.41) is 0. The molecule has 2 amide bonds. The zero-order valence-electron chi connectivity index (χ0n) is 16.6. The number of hydrogen-bond donors (Lipinski definition) is 0. The van der Waals surface area contributed by atoms with Crippen molar-refractivity contribution in [2.24, 2.45) is 0 Å². The maximum Gasteiger partial charge on any atom is 0.410 e. The van der Waals surface area contributed by atoms with Crippen LogP contribution in [0.5, 0.6) is 0 Å². The number of rotatable bonds is 4. The summed E-state index contributed by atoms with van der Waals surface area (Å²) in [6.45, 7) is 10.6. The van der Waals surface area contributed by atoms with Gasteiger partial charge in [0.2, 0.25) is 5.91 Å². The van der Waals surface area contributed by atoms with E-state index in [1.165, 1.54) is 0 Å². The Balaban J connectivity index is 2.17. The third kappa shape index (κ3) is 5.44. The minimum atomic E-state index is -0.573. The van der Waals surface area contributed by atoms with Gasteiger partial charge in [0, 0.05) is 31.5 Å². The van der Waals surface area contributed by atoms with Crippen LogP contribution in [0.1, 0.15) is 59.4 Å². The molecule has 0 aliphatic carbocycles. The van der Waals surface area contributed by atoms with E-state index in [-0.39, 0.29) is 11.9 Å². The number of carbonyl (C=O) groups is 2. The summed E-state index contributed by atoms with van der Waals surface area (Å²) in [4.78, 5) is 33.4. The number of nitrogens with zero attached hydrogens (tertiary/aromatic N) is 3. The first-order chi connectivity index (χ1) is 12.2. The van der Waals surface area contributed by atoms with Gasteiger partial charge in [-0.1, -0.05) is 0 Å². The molecule has 26 heavy (non-hydrogen) atoms. The van der Waals surface area contributed by atoms with Gasteiger partial charge in [-0.05, 0) is 71.6 Å². The smallest absolute Gasteiger partial charge is 0.410 e. The highest BCUT2D eigenvalue weighted by Gasteiger charge is 2.37. The quantitative estimate of drug-likeness (QED) is 0.822. The van der Waals surface area contributed by atoms with Crippen LogP contribution in [0.15, 0.2) is 24.5 Å². The fourth-order valence-corrected chi connectivity index (χ4v) is 3.12. The molecule has 1 atom stereocenters. The number of amides is 2. The van der Waals surface area contributed by atoms with Gasteiger partial charge in [-0.3, -0.25) is 14.7 Å². The van der Waals surface area contributed by atoms with Gasteiger partial charge < -0.3 is 9.64 Å². The molecule has 2 heterocycles. The second-order valence-electron chi connectivity index (χ2n) is 8.10. The Bertz CT molecular complexity index is 610. The van der Waals surface area contributed by atoms with Gasteiger partial charge >= 0.3 is 6.09 Å². The number of carbonyl (C=O) groups excluding carboxylic acids is 2. The van der Waals surface area contributed by atoms with E-state index in [2.05, 4.69) is 4.98 Å². The maximum atomic E-state index is 13.3. The molecule has 0 unspecified atom stereocenters. The van der Waals surface area contributed by atoms with Crippen LogP contribution in [0.2, 0.25) is 0 Å². The number of ether oxygens (including phenoxy) is 1. The topological polar surface area (TPSA) is 62.7 Å². The molecule has 6 heteroatoms. The van der Waals surface area contributed by atoms with E-state index in [1.54, 1.807) is 17.3 Å². The molecular weight excluding hydrogens is 330 g/mol. The normalized spacial score (nSPS) is 17.9. The first-order valence-electron chi connectivity index (χ1n) is 9.38. The molecule has 1 aliphatic heterocycles. The average Bonchev–Trinajstić information content (AvgIpc) is 2.58. The lowest BCUT2D eigenvalue weighted by Crippen LogP contribution is -2.55. The van der Waals surface area contributed by atoms with Gasteiger partial charge in [-0.2, -0.15) is 0 Å². The summed E-state index contributed by atoms with van der Waals surface area (Å²) < 4.78 is 5.52. The molecule has 1 fully saturated rings. The van der Waals surface area contributed by atoms with Crippen LogP contribution >= 0.6 is 0 Å². The number of pyridine rings is 1. The lowest BCUT2D eigenvalue weighted by molar-refractivity contribution is -0.140. The molecule has 1 saturated heterocycles. The van der Waals surface area contributed by atoms with Crippen molar-refractivity contribution in [1.29, 1.82) is 0 Å². The molecule has 0 aromatic carbocycles. The van der Waals surface area contributed by atoms with E-state index in [9.17, 15) is 9.59 Å². The summed E-state index contributed by atoms with van der Waals surface area (Å²) in [7, 11) is 0. The van der Waals surface area contributed by atoms with Crippen LogP contribution in [0.3, 0.4) is 0 Å². The van der Waals surface area contributed by atoms with Crippen LogP contribution in [0, 0.1) is 0 Å². The molecule has 6 nitrogen and oxygen atoms in total. The van der Waals surface area contributed by atoms with Crippen LogP contribution in [0.4, 0.5) is 4.79 Å². The Hall–Kier alpha value is -2.11. The molecule has 1 aliphatic rings. The van der Waals surface area contributed by atoms with Crippen molar-refractivity contribution < 1.29 is 14.3 Å². The first-order valence-corrected chi connectivity index (χ1v) is 9.38. The molecule has 1 aromatic rings. The van der Waals surface area contributed by atoms with E-state index in [1.807, 2.05) is 51.7 Å². The lowest BCUT2D eigenvalue weighted by atomic mass is 10.0. The minimum absolute atomic E-state index is 0.0117. The predicted molar refractivity (Wildman–Crippen MR) is 101 cm³/mol. The molecule has 0 N–H and O–H groups in total. The van der Waals surface area contributed by atoms with Crippen LogP contribution in [0.25, 0.3) is 0 Å². The predicted octanol–water partition coefficient (Wildman–Crippen LogP) is 3.61. The van der Waals surface area contributed by atoms with Crippen molar-refractivity contribution in [2.45, 2.75) is 78.1 Å². The fourth-order valence-electron chi connectivity index (χ4n) is 3.12. The Morgan fingerprint density at radius 3 is 2.50 bits per heavy atom. The molecule has 0 bridgehead atoms. The van der Waals surface area contributed by atoms with Crippen molar-refractivity contribution >= 4 is 12.0 Å². The van der Waals surface area contributed by atoms with Crippen LogP contribution in [-0.4, -0.2) is 51.0 Å². The second kappa shape index (κ2) is 8.52. The Kier molecular flexibility index (Phi) is 6.62. The third-order valence-electron chi connectivity index (χ3n) is 4.42. The molecule has 1 aromatic heterocycles. The average molecular weight is 361 g/mol. The van der Waals surface area contributed by atoms with Gasteiger partial charge in [0.15, 0.2) is 0 Å². The third-order valence-corrected chi connectivity index (χ3v) is 4.42. The van der Waals surface area contributed by atoms with E-state index in [4.69, 9.17) is 4.74 Å². The summed E-state index contributed by atoms with van der Waals surface area (Å²) in [6, 6.07) is 3.41. The minimum Gasteiger partial charge on any atom is -0.444 e. The van der Waals surface area contributed by atoms with E-state index in [0.717, 1.165) is 18.4 Å². The highest BCUT2D eigenvalue weighted by atomic mass is 16.6. The lowest BCUT2D eigenvalue weighted by Gasteiger charge is -2.39. The largest absolute Gasteiger partial charge is 0.444 e. The van der Waals surface area contributed by atoms with Gasteiger partial charge in [-0.25, -0.2) is 4.79 Å². The Labute approximate surface area is 156 Å². The molecule has 0 saturated carbocycles. The zero-order valence-corrected chi connectivity index (χ0v) is 16.6. The first kappa shape index (κ1) is 20.2. The van der Waals surface area contributed by atoms with Crippen molar-refractivity contribution in [3.05, 3.63) is 30.1 Å². The summed E-state index contributed by atoms with van der Waals surface area (Å²) >= 11 is 0. The fraction of sp³-hybridized carbons (Fsp3) is 0.650. The summed E-state index contributed by atoms with van der Waals surface area (Å²) in [5.41, 5.74) is 0.457. The maximum absolute atomic E-state index is 13.3. The van der Waals surface area contributed by atoms with E-state index in [0.29, 0.717) is 19.5 Å². The molecular formula is C20H31N3O3. The Morgan fingerprint density at radius 2 is 1.92 bits per heavy atom. The van der Waals surface area contributed by atoms with Gasteiger partial charge in [-0.15, -0.1) is 0 Å². The molecule has 0 radical (unpaired) electrons. The highest BCUT2D eigenvalue weighted by Crippen LogP contribution is 2.23. The number of hydrogen-bond acceptors (Lipinski definition) is 4. The standard InChI is InChI=1S/C20H31N3O3/c1-15(2)23(14-16-9-11-21-12-10-16)18(24)17-8-6-7-13-22(17)19(25)26-20(3,4)5/h9-12,15,17H,6-8,13-14H2,1-5H3/t17-/m1/s1. The van der Waals surface area contributed by atoms with Crippen molar-refractivity contribution in [3.63, 3.8) is 0 Å². The van der Waals surface area contributed by atoms with Crippen LogP contribution in [-0.2, 0) is 16.1 Å². The van der Waals surface area contributed by atoms with Gasteiger partial charge in [0.25, 0.3) is 0 Å². The monoisotopic (exact) mass is 361 g/mol. The molecule has 0 spiro atoms. The second-order valence-corrected chi connectivity index (χ2v) is 8.10. The number of piperidine rings is 1. The summed E-state index contributed by atoms with van der Waals surface area (Å²) in [6.07, 6.45) is 5.57. The zero-order chi connectivity index (χ0) is 19.3. The van der Waals surface area contributed by atoms with Crippen molar-refractivity contribution in [1.82, 2.24) is 14.8 Å². The van der Waals surface area contributed by atoms with E-state index >= 15 is 0 Å². The number of aromatic nitrogens is 1. The SMILES string of the molecule is CC(C)N(Cc1ccncc1)C(=O)[C@H]1CCCCN1C(=O)OC(C)(C)C. The molecule has 2 rings (SSSR count).